The van der Waals surface area contributed by atoms with E-state index in [0.29, 0.717) is 16.2 Å². The molecule has 0 fully saturated rings. The third-order valence-electron chi connectivity index (χ3n) is 7.11. The number of ether oxygens (including phenoxy) is 1. The molecule has 17 nitrogen and oxygen atoms in total. The van der Waals surface area contributed by atoms with Gasteiger partial charge in [-0.3, -0.25) is 38.2 Å². The number of hydrogen-bond acceptors (Lipinski definition) is 11. The van der Waals surface area contributed by atoms with Gasteiger partial charge in [-0.05, 0) is 56.7 Å². The number of amides is 7. The van der Waals surface area contributed by atoms with E-state index in [4.69, 9.17) is 10.5 Å². The SMILES string of the molecule is CC(C)[C@H](NC(=O)[C@H](CCN1C(=O)C=CC1=O)S(=O)(=O)O)C(=O)N[C@@H](CCCNC(N)=O)C(=O)Nc1ccc(COC(=O)C(C)(C)S)cc1. The first kappa shape index (κ1) is 40.7. The van der Waals surface area contributed by atoms with Gasteiger partial charge in [-0.25, -0.2) is 4.79 Å². The number of carbonyl (C=O) groups is 7. The molecule has 0 unspecified atom stereocenters. The summed E-state index contributed by atoms with van der Waals surface area (Å²) in [4.78, 5) is 87.3. The van der Waals surface area contributed by atoms with Crippen LogP contribution >= 0.6 is 12.6 Å². The van der Waals surface area contributed by atoms with Crippen LogP contribution in [0, 0.1) is 5.92 Å². The zero-order chi connectivity index (χ0) is 37.1. The molecule has 3 atom stereocenters. The van der Waals surface area contributed by atoms with Crippen molar-refractivity contribution in [2.24, 2.45) is 11.7 Å². The third-order valence-corrected chi connectivity index (χ3v) is 8.46. The van der Waals surface area contributed by atoms with Gasteiger partial charge >= 0.3 is 12.0 Å². The number of nitrogens with one attached hydrogen (secondary N) is 4. The van der Waals surface area contributed by atoms with Gasteiger partial charge in [0.05, 0.1) is 0 Å². The van der Waals surface area contributed by atoms with Gasteiger partial charge in [0.25, 0.3) is 21.9 Å². The highest BCUT2D eigenvalue weighted by molar-refractivity contribution is 7.87. The fraction of sp³-hybridized carbons (Fsp3) is 0.500. The lowest BCUT2D eigenvalue weighted by atomic mass is 10.0. The monoisotopic (exact) mass is 726 g/mol. The predicted octanol–water partition coefficient (Wildman–Crippen LogP) is 0.0223. The fourth-order valence-corrected chi connectivity index (χ4v) is 5.19. The molecule has 19 heteroatoms. The Labute approximate surface area is 289 Å². The van der Waals surface area contributed by atoms with Crippen LogP contribution in [0.2, 0.25) is 0 Å². The van der Waals surface area contributed by atoms with Gasteiger partial charge in [-0.15, -0.1) is 0 Å². The standard InChI is InChI=1S/C30H42N6O11S2/c1-17(2)24(35-26(40)21(49(44,45)46)13-15-36-22(37)11-12-23(36)38)27(41)34-20(6-5-14-32-29(31)43)25(39)33-19-9-7-18(8-10-19)16-47-28(42)30(3,4)48/h7-12,17,20-21,24,48H,5-6,13-16H2,1-4H3,(H,33,39)(H,34,41)(H,35,40)(H3,31,32,43)(H,44,45,46)/t20-,21-,24-/m0/s1. The maximum atomic E-state index is 13.4. The van der Waals surface area contributed by atoms with Crippen molar-refractivity contribution >= 4 is 70.0 Å². The molecule has 1 heterocycles. The number of imide groups is 1. The number of nitrogens with zero attached hydrogens (tertiary/aromatic N) is 1. The summed E-state index contributed by atoms with van der Waals surface area (Å²) in [6, 6.07) is 2.92. The first-order valence-electron chi connectivity index (χ1n) is 15.1. The Morgan fingerprint density at radius 1 is 0.959 bits per heavy atom. The molecule has 0 saturated carbocycles. The summed E-state index contributed by atoms with van der Waals surface area (Å²) < 4.78 is 38.2. The molecule has 1 aromatic rings. The molecule has 49 heavy (non-hydrogen) atoms. The molecule has 0 aliphatic carbocycles. The van der Waals surface area contributed by atoms with Crippen LogP contribution in [0.4, 0.5) is 10.5 Å². The van der Waals surface area contributed by atoms with Crippen molar-refractivity contribution in [2.45, 2.75) is 75.6 Å². The van der Waals surface area contributed by atoms with Gasteiger partial charge < -0.3 is 31.7 Å². The zero-order valence-electron chi connectivity index (χ0n) is 27.4. The van der Waals surface area contributed by atoms with Crippen LogP contribution in [0.15, 0.2) is 36.4 Å². The van der Waals surface area contributed by atoms with E-state index in [9.17, 15) is 46.5 Å². The number of esters is 1. The Morgan fingerprint density at radius 2 is 1.55 bits per heavy atom. The lowest BCUT2D eigenvalue weighted by Crippen LogP contribution is -2.56. The Kier molecular flexibility index (Phi) is 14.8. The number of carbonyl (C=O) groups excluding carboxylic acids is 7. The van der Waals surface area contributed by atoms with Gasteiger partial charge in [0.15, 0.2) is 5.25 Å². The Morgan fingerprint density at radius 3 is 2.06 bits per heavy atom. The zero-order valence-corrected chi connectivity index (χ0v) is 29.1. The van der Waals surface area contributed by atoms with Crippen molar-refractivity contribution < 1.29 is 51.3 Å². The molecule has 0 radical (unpaired) electrons. The van der Waals surface area contributed by atoms with E-state index in [0.717, 1.165) is 12.2 Å². The predicted molar refractivity (Wildman–Crippen MR) is 179 cm³/mol. The molecule has 1 aliphatic rings. The van der Waals surface area contributed by atoms with Crippen molar-refractivity contribution in [1.82, 2.24) is 20.9 Å². The summed E-state index contributed by atoms with van der Waals surface area (Å²) in [7, 11) is -5.05. The van der Waals surface area contributed by atoms with Crippen LogP contribution in [-0.2, 0) is 50.2 Å². The first-order chi connectivity index (χ1) is 22.7. The van der Waals surface area contributed by atoms with Crippen molar-refractivity contribution in [3.05, 3.63) is 42.0 Å². The minimum atomic E-state index is -5.05. The number of urea groups is 1. The number of nitrogens with two attached hydrogens (primary N) is 1. The number of rotatable bonds is 18. The average molecular weight is 727 g/mol. The lowest BCUT2D eigenvalue weighted by Gasteiger charge is -2.27. The Hall–Kier alpha value is -4.49. The Bertz CT molecular complexity index is 1540. The van der Waals surface area contributed by atoms with E-state index in [2.05, 4.69) is 33.9 Å². The average Bonchev–Trinajstić information content (AvgIpc) is 3.31. The smallest absolute Gasteiger partial charge is 0.321 e. The minimum Gasteiger partial charge on any atom is -0.460 e. The van der Waals surface area contributed by atoms with Gasteiger partial charge in [0.2, 0.25) is 17.7 Å². The van der Waals surface area contributed by atoms with Crippen LogP contribution in [0.25, 0.3) is 0 Å². The Balaban J connectivity index is 2.16. The molecule has 7 N–H and O–H groups in total. The molecule has 0 bridgehead atoms. The first-order valence-corrected chi connectivity index (χ1v) is 17.1. The summed E-state index contributed by atoms with van der Waals surface area (Å²) in [5.74, 6) is -5.39. The van der Waals surface area contributed by atoms with E-state index < -0.39 is 92.6 Å². The van der Waals surface area contributed by atoms with Crippen LogP contribution < -0.4 is 27.0 Å². The summed E-state index contributed by atoms with van der Waals surface area (Å²) in [5, 5.41) is 7.75. The summed E-state index contributed by atoms with van der Waals surface area (Å²) in [6.45, 7) is 5.81. The number of thiol groups is 1. The topological polar surface area (TPSA) is 260 Å². The van der Waals surface area contributed by atoms with Gasteiger partial charge in [0, 0.05) is 30.9 Å². The number of hydrogen-bond donors (Lipinski definition) is 7. The molecule has 2 rings (SSSR count). The maximum Gasteiger partial charge on any atom is 0.321 e. The maximum absolute atomic E-state index is 13.4. The molecule has 270 valence electrons. The number of benzene rings is 1. The van der Waals surface area contributed by atoms with Crippen LogP contribution in [0.3, 0.4) is 0 Å². The number of anilines is 1. The van der Waals surface area contributed by atoms with E-state index in [1.807, 2.05) is 0 Å². The normalized spacial score (nSPS) is 15.0. The lowest BCUT2D eigenvalue weighted by molar-refractivity contribution is -0.147. The van der Waals surface area contributed by atoms with E-state index in [1.54, 1.807) is 52.0 Å². The summed E-state index contributed by atoms with van der Waals surface area (Å²) in [6.07, 6.45) is 1.49. The molecule has 1 aliphatic heterocycles. The highest BCUT2D eigenvalue weighted by Crippen LogP contribution is 2.17. The van der Waals surface area contributed by atoms with E-state index in [-0.39, 0.29) is 26.0 Å². The van der Waals surface area contributed by atoms with Gasteiger partial charge in [0.1, 0.15) is 23.4 Å². The number of primary amides is 1. The second kappa shape index (κ2) is 17.8. The van der Waals surface area contributed by atoms with Gasteiger partial charge in [-0.1, -0.05) is 26.0 Å². The molecule has 0 saturated heterocycles. The van der Waals surface area contributed by atoms with Crippen molar-refractivity contribution in [3.8, 4) is 0 Å². The minimum absolute atomic E-state index is 0.00371. The largest absolute Gasteiger partial charge is 0.460 e. The van der Waals surface area contributed by atoms with Crippen LogP contribution in [0.5, 0.6) is 0 Å². The molecular weight excluding hydrogens is 684 g/mol. The van der Waals surface area contributed by atoms with Gasteiger partial charge in [-0.2, -0.15) is 21.0 Å². The fourth-order valence-electron chi connectivity index (χ4n) is 4.38. The third kappa shape index (κ3) is 13.1. The molecular formula is C30H42N6O11S2. The molecule has 7 amide bonds. The molecule has 1 aromatic carbocycles. The van der Waals surface area contributed by atoms with E-state index >= 15 is 0 Å². The second-order valence-corrected chi connectivity index (χ2v) is 14.7. The highest BCUT2D eigenvalue weighted by atomic mass is 32.2. The highest BCUT2D eigenvalue weighted by Gasteiger charge is 2.37. The quantitative estimate of drug-likeness (QED) is 0.0349. The molecule has 0 aromatic heterocycles. The van der Waals surface area contributed by atoms with Crippen molar-refractivity contribution in [2.75, 3.05) is 18.4 Å². The summed E-state index contributed by atoms with van der Waals surface area (Å²) >= 11 is 4.16. The van der Waals surface area contributed by atoms with Crippen molar-refractivity contribution in [3.63, 3.8) is 0 Å². The van der Waals surface area contributed by atoms with Crippen LogP contribution in [-0.4, -0.2) is 94.6 Å². The van der Waals surface area contributed by atoms with Crippen molar-refractivity contribution in [1.29, 1.82) is 0 Å². The molecule has 0 spiro atoms. The van der Waals surface area contributed by atoms with Crippen LogP contribution in [0.1, 0.15) is 52.5 Å². The van der Waals surface area contributed by atoms with E-state index in [1.165, 1.54) is 0 Å². The second-order valence-electron chi connectivity index (χ2n) is 12.0. The summed E-state index contributed by atoms with van der Waals surface area (Å²) in [5.41, 5.74) is 6.06.